The maximum Gasteiger partial charge on any atom is 0.332 e. The first-order valence-electron chi connectivity index (χ1n) is 6.78. The smallest absolute Gasteiger partial charge is 0.332 e. The monoisotopic (exact) mass is 378 g/mol. The van der Waals surface area contributed by atoms with Gasteiger partial charge in [-0.3, -0.25) is 13.9 Å². The summed E-state index contributed by atoms with van der Waals surface area (Å²) in [4.78, 5) is 23.8. The third kappa shape index (κ3) is 3.63. The maximum absolute atomic E-state index is 11.9. The predicted molar refractivity (Wildman–Crippen MR) is 89.8 cm³/mol. The third-order valence-electron chi connectivity index (χ3n) is 3.24. The highest BCUT2D eigenvalue weighted by Gasteiger charge is 2.14. The Morgan fingerprint density at radius 1 is 1.30 bits per heavy atom. The van der Waals surface area contributed by atoms with Crippen LogP contribution < -0.4 is 21.3 Å². The van der Waals surface area contributed by atoms with E-state index in [4.69, 9.17) is 10.00 Å². The lowest BCUT2D eigenvalue weighted by Crippen LogP contribution is -2.40. The molecule has 23 heavy (non-hydrogen) atoms. The van der Waals surface area contributed by atoms with Crippen LogP contribution in [0, 0.1) is 11.3 Å². The molecule has 0 fully saturated rings. The molecule has 0 unspecified atom stereocenters. The molecule has 120 valence electrons. The molecule has 0 saturated carbocycles. The first-order chi connectivity index (χ1) is 11.0. The number of benzene rings is 1. The van der Waals surface area contributed by atoms with Crippen LogP contribution in [0.1, 0.15) is 5.56 Å². The topological polar surface area (TPSA) is 89.1 Å². The summed E-state index contributed by atoms with van der Waals surface area (Å²) >= 11 is 3.35. The number of halogens is 1. The predicted octanol–water partition coefficient (Wildman–Crippen LogP) is 1.21. The van der Waals surface area contributed by atoms with Crippen LogP contribution in [0.4, 0.5) is 5.82 Å². The van der Waals surface area contributed by atoms with Crippen LogP contribution in [0.5, 0.6) is 5.75 Å². The average molecular weight is 379 g/mol. The van der Waals surface area contributed by atoms with Gasteiger partial charge in [-0.15, -0.1) is 0 Å². The molecule has 0 spiro atoms. The van der Waals surface area contributed by atoms with Gasteiger partial charge in [-0.25, -0.2) is 4.79 Å². The molecule has 0 amide bonds. The molecule has 0 aliphatic heterocycles. The number of nitrogens with one attached hydrogen (secondary N) is 1. The van der Waals surface area contributed by atoms with Crippen LogP contribution in [0.15, 0.2) is 38.3 Å². The Kier molecular flexibility index (Phi) is 5.24. The van der Waals surface area contributed by atoms with E-state index in [1.165, 1.54) is 18.7 Å². The summed E-state index contributed by atoms with van der Waals surface area (Å²) in [5.41, 5.74) is -1.22. The summed E-state index contributed by atoms with van der Waals surface area (Å²) in [5, 5.41) is 12.1. The highest BCUT2D eigenvalue weighted by atomic mass is 79.9. The molecular formula is C15H15BrN4O3. The minimum atomic E-state index is -0.619. The first kappa shape index (κ1) is 16.8. The zero-order valence-corrected chi connectivity index (χ0v) is 14.3. The Hall–Kier alpha value is -2.53. The maximum atomic E-state index is 11.9. The van der Waals surface area contributed by atoms with E-state index in [0.717, 1.165) is 9.04 Å². The zero-order chi connectivity index (χ0) is 17.0. The summed E-state index contributed by atoms with van der Waals surface area (Å²) in [5.74, 6) is 0.887. The quantitative estimate of drug-likeness (QED) is 0.789. The zero-order valence-electron chi connectivity index (χ0n) is 12.7. The first-order valence-corrected chi connectivity index (χ1v) is 7.57. The standard InChI is InChI=1S/C15H15BrN4O3/c1-19-13(12(9-17)14(21)20(2)15(19)22)18-6-7-23-11-5-3-4-10(16)8-11/h3-5,8,18H,6-7H2,1-2H3. The SMILES string of the molecule is Cn1c(NCCOc2cccc(Br)c2)c(C#N)c(=O)n(C)c1=O. The second kappa shape index (κ2) is 7.15. The molecule has 8 heteroatoms. The minimum absolute atomic E-state index is 0.0999. The van der Waals surface area contributed by atoms with Crippen molar-refractivity contribution in [3.05, 3.63) is 55.1 Å². The van der Waals surface area contributed by atoms with Crippen LogP contribution in [0.3, 0.4) is 0 Å². The van der Waals surface area contributed by atoms with E-state index in [0.29, 0.717) is 18.9 Å². The Bertz CT molecular complexity index is 880. The van der Waals surface area contributed by atoms with Gasteiger partial charge >= 0.3 is 5.69 Å². The van der Waals surface area contributed by atoms with E-state index >= 15 is 0 Å². The number of nitriles is 1. The average Bonchev–Trinajstić information content (AvgIpc) is 2.54. The summed E-state index contributed by atoms with van der Waals surface area (Å²) in [6.07, 6.45) is 0. The number of ether oxygens (including phenoxy) is 1. The number of nitrogens with zero attached hydrogens (tertiary/aromatic N) is 3. The van der Waals surface area contributed by atoms with E-state index in [2.05, 4.69) is 21.2 Å². The summed E-state index contributed by atoms with van der Waals surface area (Å²) in [6.45, 7) is 0.645. The van der Waals surface area contributed by atoms with Crippen molar-refractivity contribution in [3.8, 4) is 11.8 Å². The van der Waals surface area contributed by atoms with E-state index < -0.39 is 11.2 Å². The molecule has 0 aliphatic rings. The van der Waals surface area contributed by atoms with Crippen molar-refractivity contribution >= 4 is 21.7 Å². The highest BCUT2D eigenvalue weighted by molar-refractivity contribution is 9.10. The molecule has 0 aliphatic carbocycles. The van der Waals surface area contributed by atoms with E-state index in [9.17, 15) is 9.59 Å². The van der Waals surface area contributed by atoms with E-state index in [1.807, 2.05) is 30.3 Å². The molecule has 1 aromatic heterocycles. The summed E-state index contributed by atoms with van der Waals surface area (Å²) in [6, 6.07) is 9.22. The second-order valence-electron chi connectivity index (χ2n) is 4.77. The molecule has 7 nitrogen and oxygen atoms in total. The number of hydrogen-bond acceptors (Lipinski definition) is 5. The van der Waals surface area contributed by atoms with Gasteiger partial charge < -0.3 is 10.1 Å². The van der Waals surface area contributed by atoms with Gasteiger partial charge in [-0.1, -0.05) is 22.0 Å². The Labute approximate surface area is 140 Å². The minimum Gasteiger partial charge on any atom is -0.492 e. The fourth-order valence-corrected chi connectivity index (χ4v) is 2.43. The van der Waals surface area contributed by atoms with Gasteiger partial charge in [0.05, 0.1) is 6.54 Å². The molecule has 0 saturated heterocycles. The van der Waals surface area contributed by atoms with Gasteiger partial charge in [0, 0.05) is 18.6 Å². The lowest BCUT2D eigenvalue weighted by Gasteiger charge is -2.14. The van der Waals surface area contributed by atoms with Crippen LogP contribution in [-0.4, -0.2) is 22.3 Å². The largest absolute Gasteiger partial charge is 0.492 e. The highest BCUT2D eigenvalue weighted by Crippen LogP contribution is 2.17. The van der Waals surface area contributed by atoms with Crippen LogP contribution in [0.2, 0.25) is 0 Å². The van der Waals surface area contributed by atoms with Crippen molar-refractivity contribution in [2.24, 2.45) is 14.1 Å². The molecule has 2 aromatic rings. The molecule has 2 rings (SSSR count). The van der Waals surface area contributed by atoms with Crippen molar-refractivity contribution < 1.29 is 4.74 Å². The van der Waals surface area contributed by atoms with Crippen LogP contribution in [0.25, 0.3) is 0 Å². The second-order valence-corrected chi connectivity index (χ2v) is 5.69. The fourth-order valence-electron chi connectivity index (χ4n) is 2.05. The normalized spacial score (nSPS) is 10.2. The summed E-state index contributed by atoms with van der Waals surface area (Å²) in [7, 11) is 2.84. The molecule has 0 bridgehead atoms. The number of hydrogen-bond donors (Lipinski definition) is 1. The third-order valence-corrected chi connectivity index (χ3v) is 3.73. The van der Waals surface area contributed by atoms with Gasteiger partial charge in [-0.05, 0) is 18.2 Å². The van der Waals surface area contributed by atoms with Gasteiger partial charge in [0.25, 0.3) is 5.56 Å². The molecule has 1 aromatic carbocycles. The number of aromatic nitrogens is 2. The van der Waals surface area contributed by atoms with E-state index in [1.54, 1.807) is 0 Å². The van der Waals surface area contributed by atoms with Crippen molar-refractivity contribution in [2.45, 2.75) is 0 Å². The van der Waals surface area contributed by atoms with Gasteiger partial charge in [0.15, 0.2) is 5.56 Å². The van der Waals surface area contributed by atoms with Crippen molar-refractivity contribution in [1.29, 1.82) is 5.26 Å². The lowest BCUT2D eigenvalue weighted by atomic mass is 10.3. The molecule has 1 N–H and O–H groups in total. The molecule has 0 radical (unpaired) electrons. The van der Waals surface area contributed by atoms with Crippen molar-refractivity contribution in [3.63, 3.8) is 0 Å². The van der Waals surface area contributed by atoms with Crippen molar-refractivity contribution in [2.75, 3.05) is 18.5 Å². The van der Waals surface area contributed by atoms with Crippen LogP contribution in [-0.2, 0) is 14.1 Å². The Morgan fingerprint density at radius 3 is 2.70 bits per heavy atom. The summed E-state index contributed by atoms with van der Waals surface area (Å²) < 4.78 is 8.61. The van der Waals surface area contributed by atoms with Gasteiger partial charge in [0.2, 0.25) is 0 Å². The van der Waals surface area contributed by atoms with Gasteiger partial charge in [0.1, 0.15) is 24.2 Å². The van der Waals surface area contributed by atoms with Crippen LogP contribution >= 0.6 is 15.9 Å². The number of anilines is 1. The Morgan fingerprint density at radius 2 is 2.04 bits per heavy atom. The van der Waals surface area contributed by atoms with Gasteiger partial charge in [-0.2, -0.15) is 5.26 Å². The Balaban J connectivity index is 2.11. The van der Waals surface area contributed by atoms with E-state index in [-0.39, 0.29) is 11.4 Å². The fraction of sp³-hybridized carbons (Fsp3) is 0.267. The van der Waals surface area contributed by atoms with Crippen molar-refractivity contribution in [1.82, 2.24) is 9.13 Å². The molecular weight excluding hydrogens is 364 g/mol. The number of rotatable bonds is 5. The lowest BCUT2D eigenvalue weighted by molar-refractivity contribution is 0.332. The molecule has 0 atom stereocenters. The molecule has 1 heterocycles.